The number of aryl methyl sites for hydroxylation is 1. The number of para-hydroxylation sites is 1. The number of carbonyl (C=O) groups excluding carboxylic acids is 1. The van der Waals surface area contributed by atoms with Crippen molar-refractivity contribution in [3.05, 3.63) is 62.9 Å². The van der Waals surface area contributed by atoms with E-state index in [0.29, 0.717) is 9.21 Å². The molecule has 1 amide bonds. The van der Waals surface area contributed by atoms with Gasteiger partial charge in [0.25, 0.3) is 5.91 Å². The topological polar surface area (TPSA) is 46.9 Å². The standard InChI is InChI=1S/C17H14ClN3OS/c18-15-10-9-14(23-15)17(22)19-16-12-7-4-8-13(12)20-21(16)11-5-2-1-3-6-11/h1-3,5-6,9-10H,4,7-8H2,(H,19,22). The van der Waals surface area contributed by atoms with Crippen molar-refractivity contribution in [1.82, 2.24) is 9.78 Å². The Kier molecular flexibility index (Phi) is 3.67. The zero-order valence-electron chi connectivity index (χ0n) is 12.3. The van der Waals surface area contributed by atoms with Crippen LogP contribution in [0.2, 0.25) is 4.34 Å². The molecule has 1 aromatic carbocycles. The average molecular weight is 344 g/mol. The van der Waals surface area contributed by atoms with Gasteiger partial charge < -0.3 is 5.32 Å². The highest BCUT2D eigenvalue weighted by Crippen LogP contribution is 2.32. The van der Waals surface area contributed by atoms with Crippen LogP contribution in [0.15, 0.2) is 42.5 Å². The number of hydrogen-bond acceptors (Lipinski definition) is 3. The molecule has 2 aromatic heterocycles. The Morgan fingerprint density at radius 3 is 2.74 bits per heavy atom. The van der Waals surface area contributed by atoms with E-state index in [1.165, 1.54) is 11.3 Å². The van der Waals surface area contributed by atoms with Gasteiger partial charge in [-0.25, -0.2) is 4.68 Å². The van der Waals surface area contributed by atoms with E-state index in [1.54, 1.807) is 12.1 Å². The van der Waals surface area contributed by atoms with Crippen molar-refractivity contribution in [2.24, 2.45) is 0 Å². The number of anilines is 1. The smallest absolute Gasteiger partial charge is 0.266 e. The number of rotatable bonds is 3. The molecule has 1 aliphatic carbocycles. The Morgan fingerprint density at radius 1 is 1.17 bits per heavy atom. The lowest BCUT2D eigenvalue weighted by Crippen LogP contribution is -2.15. The maximum absolute atomic E-state index is 12.5. The number of amides is 1. The normalized spacial score (nSPS) is 13.1. The number of hydrogen-bond donors (Lipinski definition) is 1. The molecule has 0 fully saturated rings. The molecule has 4 rings (SSSR count). The van der Waals surface area contributed by atoms with Crippen LogP contribution < -0.4 is 5.32 Å². The van der Waals surface area contributed by atoms with Crippen LogP contribution in [0.25, 0.3) is 5.69 Å². The van der Waals surface area contributed by atoms with E-state index in [1.807, 2.05) is 35.0 Å². The van der Waals surface area contributed by atoms with Crippen LogP contribution in [-0.2, 0) is 12.8 Å². The molecule has 0 bridgehead atoms. The average Bonchev–Trinajstić information content (AvgIpc) is 3.25. The highest BCUT2D eigenvalue weighted by atomic mass is 35.5. The van der Waals surface area contributed by atoms with Gasteiger partial charge in [-0.2, -0.15) is 5.10 Å². The van der Waals surface area contributed by atoms with Crippen LogP contribution in [0.1, 0.15) is 27.3 Å². The monoisotopic (exact) mass is 343 g/mol. The largest absolute Gasteiger partial charge is 0.306 e. The predicted octanol–water partition coefficient (Wildman–Crippen LogP) is 4.33. The van der Waals surface area contributed by atoms with Crippen LogP contribution >= 0.6 is 22.9 Å². The zero-order valence-corrected chi connectivity index (χ0v) is 13.8. The minimum atomic E-state index is -0.145. The van der Waals surface area contributed by atoms with Crippen molar-refractivity contribution in [3.63, 3.8) is 0 Å². The summed E-state index contributed by atoms with van der Waals surface area (Å²) >= 11 is 7.20. The maximum atomic E-state index is 12.5. The first-order chi connectivity index (χ1) is 11.2. The number of benzene rings is 1. The van der Waals surface area contributed by atoms with Gasteiger partial charge in [-0.1, -0.05) is 29.8 Å². The van der Waals surface area contributed by atoms with Gasteiger partial charge in [-0.15, -0.1) is 11.3 Å². The summed E-state index contributed by atoms with van der Waals surface area (Å²) in [6.07, 6.45) is 2.99. The number of halogens is 1. The summed E-state index contributed by atoms with van der Waals surface area (Å²) in [4.78, 5) is 13.1. The van der Waals surface area contributed by atoms with E-state index in [-0.39, 0.29) is 5.91 Å². The number of fused-ring (bicyclic) bond motifs is 1. The van der Waals surface area contributed by atoms with Crippen molar-refractivity contribution in [2.75, 3.05) is 5.32 Å². The van der Waals surface area contributed by atoms with Gasteiger partial charge in [0.05, 0.1) is 20.6 Å². The zero-order chi connectivity index (χ0) is 15.8. The molecule has 2 heterocycles. The van der Waals surface area contributed by atoms with E-state index in [4.69, 9.17) is 16.7 Å². The lowest BCUT2D eigenvalue weighted by atomic mass is 10.2. The fraction of sp³-hybridized carbons (Fsp3) is 0.176. The molecule has 0 saturated heterocycles. The molecule has 0 aliphatic heterocycles. The molecular formula is C17H14ClN3OS. The molecule has 0 unspecified atom stereocenters. The Morgan fingerprint density at radius 2 is 2.00 bits per heavy atom. The van der Waals surface area contributed by atoms with Crippen molar-refractivity contribution in [2.45, 2.75) is 19.3 Å². The van der Waals surface area contributed by atoms with E-state index < -0.39 is 0 Å². The summed E-state index contributed by atoms with van der Waals surface area (Å²) in [5, 5.41) is 7.72. The fourth-order valence-electron chi connectivity index (χ4n) is 2.88. The lowest BCUT2D eigenvalue weighted by Gasteiger charge is -2.10. The highest BCUT2D eigenvalue weighted by Gasteiger charge is 2.24. The predicted molar refractivity (Wildman–Crippen MR) is 92.9 cm³/mol. The second kappa shape index (κ2) is 5.83. The van der Waals surface area contributed by atoms with Gasteiger partial charge in [0.2, 0.25) is 0 Å². The van der Waals surface area contributed by atoms with Crippen molar-refractivity contribution >= 4 is 34.7 Å². The lowest BCUT2D eigenvalue weighted by molar-refractivity contribution is 0.102. The van der Waals surface area contributed by atoms with Crippen molar-refractivity contribution < 1.29 is 4.79 Å². The molecule has 23 heavy (non-hydrogen) atoms. The first-order valence-corrected chi connectivity index (χ1v) is 8.65. The number of aromatic nitrogens is 2. The number of nitrogens with one attached hydrogen (secondary N) is 1. The molecular weight excluding hydrogens is 330 g/mol. The summed E-state index contributed by atoms with van der Waals surface area (Å²) in [5.74, 6) is 0.631. The SMILES string of the molecule is O=C(Nc1c2c(nn1-c1ccccc1)CCC2)c1ccc(Cl)s1. The van der Waals surface area contributed by atoms with Gasteiger partial charge in [0.15, 0.2) is 0 Å². The van der Waals surface area contributed by atoms with Gasteiger partial charge >= 0.3 is 0 Å². The van der Waals surface area contributed by atoms with Crippen LogP contribution in [0.3, 0.4) is 0 Å². The Hall–Kier alpha value is -2.11. The van der Waals surface area contributed by atoms with Gasteiger partial charge in [-0.3, -0.25) is 4.79 Å². The van der Waals surface area contributed by atoms with Crippen LogP contribution in [-0.4, -0.2) is 15.7 Å². The number of carbonyl (C=O) groups is 1. The molecule has 116 valence electrons. The van der Waals surface area contributed by atoms with Crippen molar-refractivity contribution in [1.29, 1.82) is 0 Å². The van der Waals surface area contributed by atoms with Gasteiger partial charge in [0, 0.05) is 5.56 Å². The molecule has 0 saturated carbocycles. The third-order valence-electron chi connectivity index (χ3n) is 3.94. The first-order valence-electron chi connectivity index (χ1n) is 7.45. The molecule has 1 aliphatic rings. The minimum Gasteiger partial charge on any atom is -0.306 e. The molecule has 0 radical (unpaired) electrons. The third-order valence-corrected chi connectivity index (χ3v) is 5.17. The summed E-state index contributed by atoms with van der Waals surface area (Å²) in [5.41, 5.74) is 3.17. The molecule has 6 heteroatoms. The molecule has 0 spiro atoms. The number of thiophene rings is 1. The van der Waals surface area contributed by atoms with E-state index in [0.717, 1.165) is 42.0 Å². The first kappa shape index (κ1) is 14.5. The second-order valence-electron chi connectivity index (χ2n) is 5.43. The number of nitrogens with zero attached hydrogens (tertiary/aromatic N) is 2. The summed E-state index contributed by atoms with van der Waals surface area (Å²) in [6.45, 7) is 0. The quantitative estimate of drug-likeness (QED) is 0.769. The second-order valence-corrected chi connectivity index (χ2v) is 7.15. The van der Waals surface area contributed by atoms with Gasteiger partial charge in [-0.05, 0) is 43.5 Å². The molecule has 3 aromatic rings. The van der Waals surface area contributed by atoms with Crippen LogP contribution in [0.5, 0.6) is 0 Å². The maximum Gasteiger partial charge on any atom is 0.266 e. The Labute approximate surface area is 142 Å². The van der Waals surface area contributed by atoms with Crippen LogP contribution in [0, 0.1) is 0 Å². The molecule has 1 N–H and O–H groups in total. The van der Waals surface area contributed by atoms with Crippen LogP contribution in [0.4, 0.5) is 5.82 Å². The van der Waals surface area contributed by atoms with E-state index in [2.05, 4.69) is 5.32 Å². The fourth-order valence-corrected chi connectivity index (χ4v) is 3.82. The summed E-state index contributed by atoms with van der Waals surface area (Å²) < 4.78 is 2.44. The molecule has 4 nitrogen and oxygen atoms in total. The third kappa shape index (κ3) is 2.66. The minimum absolute atomic E-state index is 0.145. The van der Waals surface area contributed by atoms with E-state index in [9.17, 15) is 4.79 Å². The van der Waals surface area contributed by atoms with Gasteiger partial charge in [0.1, 0.15) is 5.82 Å². The highest BCUT2D eigenvalue weighted by molar-refractivity contribution is 7.18. The summed E-state index contributed by atoms with van der Waals surface area (Å²) in [6, 6.07) is 13.3. The van der Waals surface area contributed by atoms with E-state index >= 15 is 0 Å². The Bertz CT molecular complexity index is 869. The van der Waals surface area contributed by atoms with Crippen molar-refractivity contribution in [3.8, 4) is 5.69 Å². The Balaban J connectivity index is 1.74. The molecule has 0 atom stereocenters. The summed E-state index contributed by atoms with van der Waals surface area (Å²) in [7, 11) is 0.